The van der Waals surface area contributed by atoms with Gasteiger partial charge in [-0.2, -0.15) is 0 Å². The van der Waals surface area contributed by atoms with Crippen molar-refractivity contribution in [1.82, 2.24) is 10.3 Å². The Balaban J connectivity index is 2.23. The molecule has 2 rings (SSSR count). The number of hydrogen-bond acceptors (Lipinski definition) is 4. The molecule has 1 aromatic heterocycles. The van der Waals surface area contributed by atoms with Gasteiger partial charge in [0, 0.05) is 11.0 Å². The van der Waals surface area contributed by atoms with Gasteiger partial charge in [0.2, 0.25) is 0 Å². The number of sulfonamides is 1. The molecule has 2 N–H and O–H groups in total. The van der Waals surface area contributed by atoms with Crippen LogP contribution in [0.4, 0.5) is 5.82 Å². The quantitative estimate of drug-likeness (QED) is 0.849. The predicted molar refractivity (Wildman–Crippen MR) is 86.7 cm³/mol. The zero-order valence-electron chi connectivity index (χ0n) is 11.7. The molecule has 112 valence electrons. The van der Waals surface area contributed by atoms with Crippen molar-refractivity contribution < 1.29 is 8.42 Å². The molecular weight excluding hydrogens is 354 g/mol. The Morgan fingerprint density at radius 1 is 1.14 bits per heavy atom. The van der Waals surface area contributed by atoms with Gasteiger partial charge in [-0.25, -0.2) is 13.4 Å². The molecule has 0 amide bonds. The van der Waals surface area contributed by atoms with E-state index < -0.39 is 10.0 Å². The van der Waals surface area contributed by atoms with Gasteiger partial charge in [-0.3, -0.25) is 4.72 Å². The average molecular weight is 370 g/mol. The summed E-state index contributed by atoms with van der Waals surface area (Å²) in [4.78, 5) is 4.40. The molecule has 0 radical (unpaired) electrons. The van der Waals surface area contributed by atoms with Crippen LogP contribution in [0.15, 0.2) is 45.8 Å². The van der Waals surface area contributed by atoms with Crippen molar-refractivity contribution in [3.63, 3.8) is 0 Å². The third-order valence-corrected chi connectivity index (χ3v) is 5.08. The first-order chi connectivity index (χ1) is 9.92. The molecule has 2 aromatic rings. The Labute approximate surface area is 133 Å². The van der Waals surface area contributed by atoms with E-state index in [4.69, 9.17) is 0 Å². The third-order valence-electron chi connectivity index (χ3n) is 2.87. The fourth-order valence-corrected chi connectivity index (χ4v) is 3.01. The number of aromatic nitrogens is 1. The molecule has 0 aliphatic heterocycles. The number of anilines is 1. The van der Waals surface area contributed by atoms with Crippen LogP contribution in [0.5, 0.6) is 0 Å². The molecule has 5 nitrogen and oxygen atoms in total. The zero-order valence-corrected chi connectivity index (χ0v) is 14.1. The SMILES string of the molecule is CNCc1ccc(S(=O)(=O)Nc2ccc(Br)c(C)n2)cc1. The largest absolute Gasteiger partial charge is 0.316 e. The van der Waals surface area contributed by atoms with Crippen molar-refractivity contribution in [3.05, 3.63) is 52.1 Å². The molecule has 21 heavy (non-hydrogen) atoms. The second-order valence-electron chi connectivity index (χ2n) is 4.54. The lowest BCUT2D eigenvalue weighted by molar-refractivity contribution is 0.601. The second kappa shape index (κ2) is 6.55. The lowest BCUT2D eigenvalue weighted by atomic mass is 10.2. The maximum absolute atomic E-state index is 12.3. The van der Waals surface area contributed by atoms with Gasteiger partial charge in [0.25, 0.3) is 10.0 Å². The van der Waals surface area contributed by atoms with Gasteiger partial charge in [0.15, 0.2) is 0 Å². The normalized spacial score (nSPS) is 11.4. The number of nitrogens with one attached hydrogen (secondary N) is 2. The molecule has 1 heterocycles. The topological polar surface area (TPSA) is 71.1 Å². The Morgan fingerprint density at radius 2 is 1.81 bits per heavy atom. The summed E-state index contributed by atoms with van der Waals surface area (Å²) in [6.45, 7) is 2.50. The van der Waals surface area contributed by atoms with E-state index in [1.165, 1.54) is 0 Å². The molecule has 0 saturated heterocycles. The van der Waals surface area contributed by atoms with Gasteiger partial charge in [-0.05, 0) is 59.7 Å². The van der Waals surface area contributed by atoms with Crippen LogP contribution in [0, 0.1) is 6.92 Å². The van der Waals surface area contributed by atoms with Crippen molar-refractivity contribution in [2.24, 2.45) is 0 Å². The number of benzene rings is 1. The number of pyridine rings is 1. The highest BCUT2D eigenvalue weighted by molar-refractivity contribution is 9.10. The molecule has 1 aromatic carbocycles. The van der Waals surface area contributed by atoms with E-state index in [-0.39, 0.29) is 4.90 Å². The van der Waals surface area contributed by atoms with Crippen LogP contribution in [-0.4, -0.2) is 20.4 Å². The second-order valence-corrected chi connectivity index (χ2v) is 7.08. The Kier molecular flexibility index (Phi) is 4.97. The average Bonchev–Trinajstić information content (AvgIpc) is 2.44. The van der Waals surface area contributed by atoms with Crippen molar-refractivity contribution >= 4 is 31.8 Å². The summed E-state index contributed by atoms with van der Waals surface area (Å²) in [5.41, 5.74) is 1.74. The van der Waals surface area contributed by atoms with Crippen molar-refractivity contribution in [3.8, 4) is 0 Å². The van der Waals surface area contributed by atoms with Crippen LogP contribution < -0.4 is 10.0 Å². The summed E-state index contributed by atoms with van der Waals surface area (Å²) in [5.74, 6) is 0.301. The van der Waals surface area contributed by atoms with E-state index in [1.54, 1.807) is 43.3 Å². The van der Waals surface area contributed by atoms with Crippen molar-refractivity contribution in [2.45, 2.75) is 18.4 Å². The van der Waals surface area contributed by atoms with Crippen molar-refractivity contribution in [2.75, 3.05) is 11.8 Å². The number of hydrogen-bond donors (Lipinski definition) is 2. The van der Waals surface area contributed by atoms with E-state index in [0.29, 0.717) is 12.4 Å². The summed E-state index contributed by atoms with van der Waals surface area (Å²) < 4.78 is 27.9. The summed E-state index contributed by atoms with van der Waals surface area (Å²) in [6, 6.07) is 10.1. The Hall–Kier alpha value is -1.44. The van der Waals surface area contributed by atoms with Crippen LogP contribution in [-0.2, 0) is 16.6 Å². The first-order valence-electron chi connectivity index (χ1n) is 6.32. The highest BCUT2D eigenvalue weighted by Gasteiger charge is 2.15. The summed E-state index contributed by atoms with van der Waals surface area (Å²) in [6.07, 6.45) is 0. The highest BCUT2D eigenvalue weighted by atomic mass is 79.9. The minimum atomic E-state index is -3.62. The third kappa shape index (κ3) is 4.03. The maximum Gasteiger partial charge on any atom is 0.263 e. The molecular formula is C14H16BrN3O2S. The first-order valence-corrected chi connectivity index (χ1v) is 8.59. The molecule has 7 heteroatoms. The zero-order chi connectivity index (χ0) is 15.5. The monoisotopic (exact) mass is 369 g/mol. The molecule has 0 saturated carbocycles. The van der Waals surface area contributed by atoms with Gasteiger partial charge < -0.3 is 5.32 Å². The smallest absolute Gasteiger partial charge is 0.263 e. The number of aryl methyl sites for hydroxylation is 1. The van der Waals surface area contributed by atoms with E-state index in [0.717, 1.165) is 15.7 Å². The molecule has 0 aliphatic carbocycles. The molecule has 0 spiro atoms. The van der Waals surface area contributed by atoms with Crippen LogP contribution in [0.25, 0.3) is 0 Å². The Morgan fingerprint density at radius 3 is 2.38 bits per heavy atom. The number of nitrogens with zero attached hydrogens (tertiary/aromatic N) is 1. The Bertz CT molecular complexity index is 730. The van der Waals surface area contributed by atoms with E-state index in [9.17, 15) is 8.42 Å². The minimum absolute atomic E-state index is 0.213. The van der Waals surface area contributed by atoms with Gasteiger partial charge in [-0.1, -0.05) is 12.1 Å². The van der Waals surface area contributed by atoms with Gasteiger partial charge in [-0.15, -0.1) is 0 Å². The lowest BCUT2D eigenvalue weighted by Gasteiger charge is -2.09. The lowest BCUT2D eigenvalue weighted by Crippen LogP contribution is -2.14. The van der Waals surface area contributed by atoms with Gasteiger partial charge >= 0.3 is 0 Å². The number of rotatable bonds is 5. The summed E-state index contributed by atoms with van der Waals surface area (Å²) in [7, 11) is -1.78. The maximum atomic E-state index is 12.3. The van der Waals surface area contributed by atoms with E-state index in [2.05, 4.69) is 31.0 Å². The fourth-order valence-electron chi connectivity index (χ4n) is 1.79. The molecule has 0 bridgehead atoms. The molecule has 0 unspecified atom stereocenters. The molecule has 0 aliphatic rings. The van der Waals surface area contributed by atoms with Crippen LogP contribution in [0.3, 0.4) is 0 Å². The van der Waals surface area contributed by atoms with Gasteiger partial charge in [0.1, 0.15) is 5.82 Å². The predicted octanol–water partition coefficient (Wildman–Crippen LogP) is 2.67. The summed E-state index contributed by atoms with van der Waals surface area (Å²) >= 11 is 3.33. The van der Waals surface area contributed by atoms with Crippen LogP contribution in [0.1, 0.15) is 11.3 Å². The first kappa shape index (κ1) is 15.9. The van der Waals surface area contributed by atoms with Crippen LogP contribution in [0.2, 0.25) is 0 Å². The number of halogens is 1. The molecule has 0 fully saturated rings. The van der Waals surface area contributed by atoms with E-state index >= 15 is 0 Å². The van der Waals surface area contributed by atoms with E-state index in [1.807, 2.05) is 7.05 Å². The highest BCUT2D eigenvalue weighted by Crippen LogP contribution is 2.19. The van der Waals surface area contributed by atoms with Gasteiger partial charge in [0.05, 0.1) is 10.6 Å². The fraction of sp³-hybridized carbons (Fsp3) is 0.214. The standard InChI is InChI=1S/C14H16BrN3O2S/c1-10-13(15)7-8-14(17-10)18-21(19,20)12-5-3-11(4-6-12)9-16-2/h3-8,16H,9H2,1-2H3,(H,17,18). The summed E-state index contributed by atoms with van der Waals surface area (Å²) in [5, 5.41) is 3.01. The minimum Gasteiger partial charge on any atom is -0.316 e. The molecule has 0 atom stereocenters. The van der Waals surface area contributed by atoms with Crippen molar-refractivity contribution in [1.29, 1.82) is 0 Å². The van der Waals surface area contributed by atoms with Crippen LogP contribution >= 0.6 is 15.9 Å².